The Morgan fingerprint density at radius 1 is 1.75 bits per heavy atom. The summed E-state index contributed by atoms with van der Waals surface area (Å²) in [4.78, 5) is 11.4. The first-order chi connectivity index (χ1) is 5.66. The van der Waals surface area contributed by atoms with Gasteiger partial charge in [0.15, 0.2) is 5.78 Å². The smallest absolute Gasteiger partial charge is 0.183 e. The summed E-state index contributed by atoms with van der Waals surface area (Å²) >= 11 is 0. The summed E-state index contributed by atoms with van der Waals surface area (Å²) in [5, 5.41) is 8.49. The first kappa shape index (κ1) is 8.54. The molecule has 0 saturated heterocycles. The highest BCUT2D eigenvalue weighted by atomic mass is 16.3. The van der Waals surface area contributed by atoms with Crippen molar-refractivity contribution in [3.8, 4) is 6.07 Å². The number of nitrogens with zero attached hydrogens (tertiary/aromatic N) is 1. The lowest BCUT2D eigenvalue weighted by atomic mass is 10.0. The van der Waals surface area contributed by atoms with E-state index < -0.39 is 5.92 Å². The third-order valence-corrected chi connectivity index (χ3v) is 1.71. The summed E-state index contributed by atoms with van der Waals surface area (Å²) in [5.41, 5.74) is 0.504. The van der Waals surface area contributed by atoms with Crippen LogP contribution < -0.4 is 0 Å². The number of nitriles is 1. The van der Waals surface area contributed by atoms with E-state index in [2.05, 4.69) is 0 Å². The summed E-state index contributed by atoms with van der Waals surface area (Å²) in [5.74, 6) is -0.202. The second kappa shape index (κ2) is 3.22. The van der Waals surface area contributed by atoms with Gasteiger partial charge in [0.1, 0.15) is 11.7 Å². The molecule has 3 heteroatoms. The van der Waals surface area contributed by atoms with Crippen LogP contribution in [0.4, 0.5) is 0 Å². The van der Waals surface area contributed by atoms with Crippen LogP contribution in [0.1, 0.15) is 23.0 Å². The molecule has 0 amide bonds. The molecular formula is C9H9NO2. The third-order valence-electron chi connectivity index (χ3n) is 1.71. The van der Waals surface area contributed by atoms with Crippen LogP contribution in [0.15, 0.2) is 16.7 Å². The number of rotatable bonds is 2. The van der Waals surface area contributed by atoms with Crippen LogP contribution in [0, 0.1) is 24.2 Å². The Labute approximate surface area is 70.6 Å². The molecule has 0 radical (unpaired) electrons. The van der Waals surface area contributed by atoms with Crippen molar-refractivity contribution in [3.63, 3.8) is 0 Å². The molecule has 0 N–H and O–H groups in total. The van der Waals surface area contributed by atoms with Crippen molar-refractivity contribution in [2.45, 2.75) is 13.8 Å². The van der Waals surface area contributed by atoms with Crippen LogP contribution >= 0.6 is 0 Å². The zero-order valence-electron chi connectivity index (χ0n) is 7.00. The number of hydrogen-bond donors (Lipinski definition) is 0. The molecule has 1 aromatic heterocycles. The first-order valence-corrected chi connectivity index (χ1v) is 3.64. The van der Waals surface area contributed by atoms with E-state index in [1.807, 2.05) is 6.07 Å². The molecule has 0 aromatic carbocycles. The standard InChI is InChI=1S/C9H9NO2/c1-6(5-10)9(11)8-3-4-12-7(8)2/h3-4,6H,1-2H3. The quantitative estimate of drug-likeness (QED) is 0.626. The van der Waals surface area contributed by atoms with E-state index in [-0.39, 0.29) is 5.78 Å². The van der Waals surface area contributed by atoms with Crippen LogP contribution in [0.25, 0.3) is 0 Å². The zero-order valence-corrected chi connectivity index (χ0v) is 7.00. The molecule has 1 atom stereocenters. The van der Waals surface area contributed by atoms with E-state index in [1.54, 1.807) is 19.9 Å². The molecule has 0 spiro atoms. The summed E-state index contributed by atoms with van der Waals surface area (Å²) < 4.78 is 4.95. The SMILES string of the molecule is Cc1occc1C(=O)C(C)C#N. The monoisotopic (exact) mass is 163 g/mol. The Balaban J connectivity index is 2.94. The van der Waals surface area contributed by atoms with E-state index in [1.165, 1.54) is 6.26 Å². The van der Waals surface area contributed by atoms with Crippen LogP contribution in [0.5, 0.6) is 0 Å². The molecular weight excluding hydrogens is 154 g/mol. The maximum Gasteiger partial charge on any atom is 0.183 e. The van der Waals surface area contributed by atoms with E-state index in [0.29, 0.717) is 11.3 Å². The highest BCUT2D eigenvalue weighted by molar-refractivity contribution is 5.99. The molecule has 1 heterocycles. The molecule has 0 fully saturated rings. The molecule has 0 aliphatic rings. The summed E-state index contributed by atoms with van der Waals surface area (Å²) in [7, 11) is 0. The van der Waals surface area contributed by atoms with Gasteiger partial charge in [-0.1, -0.05) is 0 Å². The van der Waals surface area contributed by atoms with Crippen molar-refractivity contribution >= 4 is 5.78 Å². The third kappa shape index (κ3) is 1.37. The Hall–Kier alpha value is -1.56. The minimum atomic E-state index is -0.596. The van der Waals surface area contributed by atoms with Crippen molar-refractivity contribution in [1.29, 1.82) is 5.26 Å². The van der Waals surface area contributed by atoms with Crippen molar-refractivity contribution in [1.82, 2.24) is 0 Å². The van der Waals surface area contributed by atoms with E-state index >= 15 is 0 Å². The van der Waals surface area contributed by atoms with Gasteiger partial charge in [-0.25, -0.2) is 0 Å². The minimum Gasteiger partial charge on any atom is -0.469 e. The second-order valence-corrected chi connectivity index (χ2v) is 2.61. The maximum absolute atomic E-state index is 11.4. The van der Waals surface area contributed by atoms with Gasteiger partial charge in [0.05, 0.1) is 17.9 Å². The molecule has 0 aliphatic heterocycles. The fourth-order valence-electron chi connectivity index (χ4n) is 0.932. The predicted octanol–water partition coefficient (Wildman–Crippen LogP) is 1.93. The topological polar surface area (TPSA) is 54.0 Å². The molecule has 1 rings (SSSR count). The fraction of sp³-hybridized carbons (Fsp3) is 0.333. The Kier molecular flexibility index (Phi) is 2.29. The Bertz CT molecular complexity index is 333. The summed E-state index contributed by atoms with van der Waals surface area (Å²) in [6.45, 7) is 3.28. The van der Waals surface area contributed by atoms with Gasteiger partial charge < -0.3 is 4.42 Å². The van der Waals surface area contributed by atoms with Gasteiger partial charge in [0.25, 0.3) is 0 Å². The highest BCUT2D eigenvalue weighted by Crippen LogP contribution is 2.13. The number of furan rings is 1. The lowest BCUT2D eigenvalue weighted by Gasteiger charge is -1.98. The maximum atomic E-state index is 11.4. The van der Waals surface area contributed by atoms with Crippen LogP contribution in [-0.2, 0) is 0 Å². The fourth-order valence-corrected chi connectivity index (χ4v) is 0.932. The van der Waals surface area contributed by atoms with Crippen molar-refractivity contribution < 1.29 is 9.21 Å². The van der Waals surface area contributed by atoms with Gasteiger partial charge in [-0.05, 0) is 19.9 Å². The van der Waals surface area contributed by atoms with Gasteiger partial charge >= 0.3 is 0 Å². The first-order valence-electron chi connectivity index (χ1n) is 3.64. The molecule has 0 aliphatic carbocycles. The zero-order chi connectivity index (χ0) is 9.14. The van der Waals surface area contributed by atoms with Gasteiger partial charge in [-0.3, -0.25) is 4.79 Å². The number of carbonyl (C=O) groups excluding carboxylic acids is 1. The van der Waals surface area contributed by atoms with Gasteiger partial charge in [0, 0.05) is 0 Å². The van der Waals surface area contributed by atoms with E-state index in [9.17, 15) is 4.79 Å². The normalized spacial score (nSPS) is 12.1. The van der Waals surface area contributed by atoms with Gasteiger partial charge in [-0.15, -0.1) is 0 Å². The van der Waals surface area contributed by atoms with Crippen molar-refractivity contribution in [2.75, 3.05) is 0 Å². The molecule has 62 valence electrons. The minimum absolute atomic E-state index is 0.177. The van der Waals surface area contributed by atoms with E-state index in [0.717, 1.165) is 0 Å². The number of hydrogen-bond acceptors (Lipinski definition) is 3. The Morgan fingerprint density at radius 2 is 2.42 bits per heavy atom. The average Bonchev–Trinajstić information content (AvgIpc) is 2.48. The van der Waals surface area contributed by atoms with Crippen LogP contribution in [-0.4, -0.2) is 5.78 Å². The molecule has 12 heavy (non-hydrogen) atoms. The lowest BCUT2D eigenvalue weighted by Crippen LogP contribution is -2.08. The predicted molar refractivity (Wildman–Crippen MR) is 42.6 cm³/mol. The van der Waals surface area contributed by atoms with Crippen molar-refractivity contribution in [2.24, 2.45) is 5.92 Å². The Morgan fingerprint density at radius 3 is 2.83 bits per heavy atom. The lowest BCUT2D eigenvalue weighted by molar-refractivity contribution is 0.0955. The molecule has 1 unspecified atom stereocenters. The number of carbonyl (C=O) groups is 1. The summed E-state index contributed by atoms with van der Waals surface area (Å²) in [6, 6.07) is 3.48. The molecule has 0 bridgehead atoms. The molecule has 3 nitrogen and oxygen atoms in total. The van der Waals surface area contributed by atoms with Crippen molar-refractivity contribution in [3.05, 3.63) is 23.7 Å². The van der Waals surface area contributed by atoms with Crippen LogP contribution in [0.2, 0.25) is 0 Å². The summed E-state index contributed by atoms with van der Waals surface area (Å²) in [6.07, 6.45) is 1.45. The largest absolute Gasteiger partial charge is 0.469 e. The second-order valence-electron chi connectivity index (χ2n) is 2.61. The van der Waals surface area contributed by atoms with Gasteiger partial charge in [0.2, 0.25) is 0 Å². The van der Waals surface area contributed by atoms with E-state index in [4.69, 9.17) is 9.68 Å². The number of ketones is 1. The molecule has 0 saturated carbocycles. The highest BCUT2D eigenvalue weighted by Gasteiger charge is 2.17. The van der Waals surface area contributed by atoms with Gasteiger partial charge in [-0.2, -0.15) is 5.26 Å². The molecule has 1 aromatic rings. The number of aryl methyl sites for hydroxylation is 1. The number of Topliss-reactive ketones (excluding diaryl/α,β-unsaturated/α-hetero) is 1. The van der Waals surface area contributed by atoms with Crippen LogP contribution in [0.3, 0.4) is 0 Å². The average molecular weight is 163 g/mol.